The van der Waals surface area contributed by atoms with E-state index in [1.54, 1.807) is 19.1 Å². The number of thiocarbonyl (C=S) groups is 1. The summed E-state index contributed by atoms with van der Waals surface area (Å²) < 4.78 is 0. The van der Waals surface area contributed by atoms with Crippen LogP contribution in [0.2, 0.25) is 0 Å². The lowest BCUT2D eigenvalue weighted by Gasteiger charge is -2.25. The summed E-state index contributed by atoms with van der Waals surface area (Å²) in [5.41, 5.74) is 4.78. The van der Waals surface area contributed by atoms with Crippen LogP contribution in [-0.4, -0.2) is 21.6 Å². The van der Waals surface area contributed by atoms with Crippen LogP contribution in [0.1, 0.15) is 40.9 Å². The molecule has 3 aromatic carbocycles. The van der Waals surface area contributed by atoms with Crippen LogP contribution in [0.4, 0.5) is 5.69 Å². The number of rotatable bonds is 4. The SMILES string of the molecule is CC(=O)c1ccc(NC(=S)N2N=C(c3ccccc3)C[C@@H]2c2ccccc2)cc1. The molecule has 0 aromatic heterocycles. The van der Waals surface area contributed by atoms with Gasteiger partial charge in [-0.1, -0.05) is 60.7 Å². The smallest absolute Gasteiger partial charge is 0.194 e. The van der Waals surface area contributed by atoms with Crippen molar-refractivity contribution in [2.24, 2.45) is 5.10 Å². The second-order valence-electron chi connectivity index (χ2n) is 6.95. The number of ketones is 1. The van der Waals surface area contributed by atoms with Crippen LogP contribution in [-0.2, 0) is 0 Å². The summed E-state index contributed by atoms with van der Waals surface area (Å²) in [7, 11) is 0. The Morgan fingerprint density at radius 2 is 1.59 bits per heavy atom. The lowest BCUT2D eigenvalue weighted by molar-refractivity contribution is 0.101. The highest BCUT2D eigenvalue weighted by Gasteiger charge is 2.31. The third-order valence-corrected chi connectivity index (χ3v) is 5.24. The van der Waals surface area contributed by atoms with Crippen LogP contribution < -0.4 is 5.32 Å². The summed E-state index contributed by atoms with van der Waals surface area (Å²) in [6, 6.07) is 27.8. The third kappa shape index (κ3) is 4.25. The fraction of sp³-hybridized carbons (Fsp3) is 0.125. The van der Waals surface area contributed by atoms with Gasteiger partial charge in [0.25, 0.3) is 0 Å². The molecule has 5 heteroatoms. The zero-order chi connectivity index (χ0) is 20.2. The molecule has 1 aliphatic heterocycles. The minimum Gasteiger partial charge on any atom is -0.331 e. The van der Waals surface area contributed by atoms with E-state index in [-0.39, 0.29) is 11.8 Å². The number of nitrogens with zero attached hydrogens (tertiary/aromatic N) is 2. The van der Waals surface area contributed by atoms with Crippen molar-refractivity contribution in [1.82, 2.24) is 5.01 Å². The van der Waals surface area contributed by atoms with Gasteiger partial charge in [-0.25, -0.2) is 5.01 Å². The number of nitrogens with one attached hydrogen (secondary N) is 1. The van der Waals surface area contributed by atoms with Gasteiger partial charge in [0, 0.05) is 17.7 Å². The van der Waals surface area contributed by atoms with Crippen molar-refractivity contribution < 1.29 is 4.79 Å². The molecular weight excluding hydrogens is 378 g/mol. The Morgan fingerprint density at radius 3 is 2.21 bits per heavy atom. The molecule has 0 fully saturated rings. The van der Waals surface area contributed by atoms with E-state index in [1.165, 1.54) is 5.56 Å². The van der Waals surface area contributed by atoms with Crippen molar-refractivity contribution in [3.8, 4) is 0 Å². The van der Waals surface area contributed by atoms with Gasteiger partial charge in [-0.05, 0) is 54.5 Å². The normalized spacial score (nSPS) is 15.7. The lowest BCUT2D eigenvalue weighted by atomic mass is 9.99. The van der Waals surface area contributed by atoms with Crippen molar-refractivity contribution in [3.63, 3.8) is 0 Å². The Labute approximate surface area is 175 Å². The first kappa shape index (κ1) is 19.0. The maximum absolute atomic E-state index is 11.5. The van der Waals surface area contributed by atoms with E-state index in [0.717, 1.165) is 23.4 Å². The van der Waals surface area contributed by atoms with E-state index in [1.807, 2.05) is 53.5 Å². The monoisotopic (exact) mass is 399 g/mol. The summed E-state index contributed by atoms with van der Waals surface area (Å²) in [6.45, 7) is 1.56. The fourth-order valence-electron chi connectivity index (χ4n) is 3.41. The van der Waals surface area contributed by atoms with Gasteiger partial charge in [0.1, 0.15) is 0 Å². The van der Waals surface area contributed by atoms with E-state index in [4.69, 9.17) is 17.3 Å². The van der Waals surface area contributed by atoms with Crippen LogP contribution in [0.15, 0.2) is 90.0 Å². The van der Waals surface area contributed by atoms with Gasteiger partial charge < -0.3 is 5.32 Å². The highest BCUT2D eigenvalue weighted by molar-refractivity contribution is 7.80. The molecular formula is C24H21N3OS. The second kappa shape index (κ2) is 8.37. The molecule has 29 heavy (non-hydrogen) atoms. The number of Topliss-reactive ketones (excluding diaryl/α,β-unsaturated/α-hetero) is 1. The van der Waals surface area contributed by atoms with E-state index in [2.05, 4.69) is 29.6 Å². The molecule has 0 unspecified atom stereocenters. The average molecular weight is 400 g/mol. The zero-order valence-corrected chi connectivity index (χ0v) is 16.9. The van der Waals surface area contributed by atoms with Gasteiger partial charge in [0.15, 0.2) is 10.9 Å². The minimum atomic E-state index is 0.0305. The molecule has 0 spiro atoms. The van der Waals surface area contributed by atoms with Crippen molar-refractivity contribution in [1.29, 1.82) is 0 Å². The predicted octanol–water partition coefficient (Wildman–Crippen LogP) is 5.44. The Morgan fingerprint density at radius 1 is 0.966 bits per heavy atom. The maximum Gasteiger partial charge on any atom is 0.194 e. The molecule has 0 amide bonds. The maximum atomic E-state index is 11.5. The van der Waals surface area contributed by atoms with Crippen molar-refractivity contribution in [3.05, 3.63) is 102 Å². The minimum absolute atomic E-state index is 0.0305. The van der Waals surface area contributed by atoms with Gasteiger partial charge in [-0.15, -0.1) is 0 Å². The number of hydrazone groups is 1. The molecule has 0 aliphatic carbocycles. The van der Waals surface area contributed by atoms with Crippen LogP contribution in [0.5, 0.6) is 0 Å². The predicted molar refractivity (Wildman–Crippen MR) is 121 cm³/mol. The first-order valence-electron chi connectivity index (χ1n) is 9.51. The molecule has 0 radical (unpaired) electrons. The molecule has 1 N–H and O–H groups in total. The van der Waals surface area contributed by atoms with Crippen LogP contribution in [0.3, 0.4) is 0 Å². The highest BCUT2D eigenvalue weighted by atomic mass is 32.1. The number of carbonyl (C=O) groups is 1. The van der Waals surface area contributed by atoms with E-state index in [0.29, 0.717) is 10.7 Å². The van der Waals surface area contributed by atoms with Crippen molar-refractivity contribution >= 4 is 34.5 Å². The molecule has 0 bridgehead atoms. The number of benzene rings is 3. The lowest BCUT2D eigenvalue weighted by Crippen LogP contribution is -2.31. The molecule has 4 nitrogen and oxygen atoms in total. The molecule has 0 saturated carbocycles. The summed E-state index contributed by atoms with van der Waals surface area (Å²) in [5.74, 6) is 0.0416. The van der Waals surface area contributed by atoms with Gasteiger partial charge >= 0.3 is 0 Å². The Hall–Kier alpha value is -3.31. The fourth-order valence-corrected chi connectivity index (χ4v) is 3.69. The first-order valence-corrected chi connectivity index (χ1v) is 9.92. The standard InChI is InChI=1S/C24H21N3OS/c1-17(28)18-12-14-21(15-13-18)25-24(29)27-23(20-10-6-3-7-11-20)16-22(26-27)19-8-4-2-5-9-19/h2-15,23H,16H2,1H3,(H,25,29)/t23-/m1/s1. The summed E-state index contributed by atoms with van der Waals surface area (Å²) in [4.78, 5) is 11.5. The molecule has 1 atom stereocenters. The molecule has 3 aromatic rings. The summed E-state index contributed by atoms with van der Waals surface area (Å²) >= 11 is 5.70. The van der Waals surface area contributed by atoms with E-state index in [9.17, 15) is 4.79 Å². The quantitative estimate of drug-likeness (QED) is 0.469. The van der Waals surface area contributed by atoms with Crippen LogP contribution >= 0.6 is 12.2 Å². The Kier molecular flexibility index (Phi) is 5.49. The zero-order valence-electron chi connectivity index (χ0n) is 16.1. The number of carbonyl (C=O) groups excluding carboxylic acids is 1. The third-order valence-electron chi connectivity index (χ3n) is 4.95. The van der Waals surface area contributed by atoms with Crippen molar-refractivity contribution in [2.75, 3.05) is 5.32 Å². The largest absolute Gasteiger partial charge is 0.331 e. The highest BCUT2D eigenvalue weighted by Crippen LogP contribution is 2.33. The van der Waals surface area contributed by atoms with Gasteiger partial charge in [-0.2, -0.15) is 5.10 Å². The van der Waals surface area contributed by atoms with Crippen LogP contribution in [0.25, 0.3) is 0 Å². The Bertz CT molecular complexity index is 1050. The molecule has 1 aliphatic rings. The first-order chi connectivity index (χ1) is 14.1. The van der Waals surface area contributed by atoms with Crippen molar-refractivity contribution in [2.45, 2.75) is 19.4 Å². The Balaban J connectivity index is 1.60. The second-order valence-corrected chi connectivity index (χ2v) is 7.34. The number of anilines is 1. The molecule has 4 rings (SSSR count). The average Bonchev–Trinajstić information content (AvgIpc) is 3.21. The van der Waals surface area contributed by atoms with E-state index < -0.39 is 0 Å². The molecule has 144 valence electrons. The molecule has 1 heterocycles. The van der Waals surface area contributed by atoms with Gasteiger partial charge in [0.05, 0.1) is 11.8 Å². The van der Waals surface area contributed by atoms with Crippen LogP contribution in [0, 0.1) is 0 Å². The van der Waals surface area contributed by atoms with Gasteiger partial charge in [0.2, 0.25) is 0 Å². The van der Waals surface area contributed by atoms with E-state index >= 15 is 0 Å². The van der Waals surface area contributed by atoms with Gasteiger partial charge in [-0.3, -0.25) is 4.79 Å². The summed E-state index contributed by atoms with van der Waals surface area (Å²) in [5, 5.41) is 10.5. The molecule has 0 saturated heterocycles. The summed E-state index contributed by atoms with van der Waals surface area (Å²) in [6.07, 6.45) is 0.777. The topological polar surface area (TPSA) is 44.7 Å². The number of hydrogen-bond donors (Lipinski definition) is 1. The number of hydrogen-bond acceptors (Lipinski definition) is 3.